The van der Waals surface area contributed by atoms with Crippen LogP contribution >= 0.6 is 46.4 Å². The van der Waals surface area contributed by atoms with Gasteiger partial charge in [-0.2, -0.15) is 0 Å². The van der Waals surface area contributed by atoms with Gasteiger partial charge in [-0.25, -0.2) is 8.42 Å². The molecule has 1 atom stereocenters. The van der Waals surface area contributed by atoms with E-state index in [0.29, 0.717) is 20.6 Å². The molecule has 0 spiro atoms. The molecule has 0 saturated carbocycles. The molecule has 2 aromatic carbocycles. The molecule has 7 nitrogen and oxygen atoms in total. The van der Waals surface area contributed by atoms with Gasteiger partial charge in [0.1, 0.15) is 12.6 Å². The quantitative estimate of drug-likeness (QED) is 0.397. The van der Waals surface area contributed by atoms with Gasteiger partial charge in [0, 0.05) is 27.2 Å². The van der Waals surface area contributed by atoms with Crippen LogP contribution in [0.3, 0.4) is 0 Å². The summed E-state index contributed by atoms with van der Waals surface area (Å²) < 4.78 is 26.3. The molecule has 0 heterocycles. The zero-order valence-corrected chi connectivity index (χ0v) is 24.5. The van der Waals surface area contributed by atoms with Gasteiger partial charge in [-0.05, 0) is 63.1 Å². The second-order valence-corrected chi connectivity index (χ2v) is 12.9. The number of sulfonamides is 1. The fraction of sp³-hybridized carbons (Fsp3) is 0.417. The fourth-order valence-corrected chi connectivity index (χ4v) is 5.37. The summed E-state index contributed by atoms with van der Waals surface area (Å²) in [6.07, 6.45) is 1.24. The molecule has 0 radical (unpaired) electrons. The normalized spacial score (nSPS) is 12.7. The highest BCUT2D eigenvalue weighted by atomic mass is 35.5. The number of rotatable bonds is 9. The highest BCUT2D eigenvalue weighted by Crippen LogP contribution is 2.31. The first kappa shape index (κ1) is 30.5. The number of anilines is 1. The van der Waals surface area contributed by atoms with E-state index < -0.39 is 34.1 Å². The van der Waals surface area contributed by atoms with Crippen molar-refractivity contribution < 1.29 is 18.0 Å². The Labute approximate surface area is 232 Å². The lowest BCUT2D eigenvalue weighted by Crippen LogP contribution is -2.55. The van der Waals surface area contributed by atoms with Gasteiger partial charge in [0.05, 0.1) is 17.0 Å². The average molecular weight is 597 g/mol. The second kappa shape index (κ2) is 12.2. The summed E-state index contributed by atoms with van der Waals surface area (Å²) in [6.45, 7) is 6.61. The lowest BCUT2D eigenvalue weighted by molar-refractivity contribution is -0.141. The van der Waals surface area contributed by atoms with Gasteiger partial charge < -0.3 is 10.2 Å². The van der Waals surface area contributed by atoms with E-state index in [2.05, 4.69) is 5.32 Å². The molecule has 2 aromatic rings. The summed E-state index contributed by atoms with van der Waals surface area (Å²) in [5.74, 6) is -0.993. The first-order chi connectivity index (χ1) is 16.5. The van der Waals surface area contributed by atoms with Gasteiger partial charge >= 0.3 is 0 Å². The van der Waals surface area contributed by atoms with Crippen molar-refractivity contribution in [1.82, 2.24) is 10.2 Å². The maximum absolute atomic E-state index is 13.7. The topological polar surface area (TPSA) is 86.8 Å². The summed E-state index contributed by atoms with van der Waals surface area (Å²) in [6, 6.07) is 8.20. The summed E-state index contributed by atoms with van der Waals surface area (Å²) in [5, 5.41) is 3.99. The summed E-state index contributed by atoms with van der Waals surface area (Å²) in [4.78, 5) is 28.2. The van der Waals surface area contributed by atoms with Crippen LogP contribution in [0, 0.1) is 0 Å². The predicted octanol–water partition coefficient (Wildman–Crippen LogP) is 5.79. The Kier molecular flexibility index (Phi) is 10.4. The number of amides is 2. The Morgan fingerprint density at radius 1 is 0.972 bits per heavy atom. The zero-order chi connectivity index (χ0) is 27.4. The van der Waals surface area contributed by atoms with Crippen LogP contribution < -0.4 is 9.62 Å². The molecule has 0 saturated heterocycles. The number of nitrogens with zero attached hydrogens (tertiary/aromatic N) is 2. The first-order valence-electron chi connectivity index (χ1n) is 11.0. The number of hydrogen-bond donors (Lipinski definition) is 1. The van der Waals surface area contributed by atoms with Crippen molar-refractivity contribution >= 4 is 73.9 Å². The molecule has 198 valence electrons. The molecule has 0 unspecified atom stereocenters. The predicted molar refractivity (Wildman–Crippen MR) is 148 cm³/mol. The molecule has 2 amide bonds. The number of halogens is 4. The molecule has 12 heteroatoms. The van der Waals surface area contributed by atoms with Crippen LogP contribution in [0.5, 0.6) is 0 Å². The minimum atomic E-state index is -3.94. The van der Waals surface area contributed by atoms with E-state index in [1.165, 1.54) is 29.2 Å². The molecule has 2 rings (SSSR count). The van der Waals surface area contributed by atoms with Crippen LogP contribution in [-0.4, -0.2) is 49.5 Å². The Bertz CT molecular complexity index is 1230. The van der Waals surface area contributed by atoms with Crippen LogP contribution in [0.2, 0.25) is 20.1 Å². The monoisotopic (exact) mass is 595 g/mol. The Morgan fingerprint density at radius 3 is 2.00 bits per heavy atom. The van der Waals surface area contributed by atoms with Gasteiger partial charge in [-0.1, -0.05) is 59.4 Å². The molecule has 0 aliphatic carbocycles. The van der Waals surface area contributed by atoms with Crippen molar-refractivity contribution in [3.63, 3.8) is 0 Å². The number of benzene rings is 2. The molecule has 0 aliphatic rings. The maximum atomic E-state index is 13.7. The largest absolute Gasteiger partial charge is 0.350 e. The molecule has 0 aliphatic heterocycles. The van der Waals surface area contributed by atoms with Crippen LogP contribution in [-0.2, 0) is 26.2 Å². The van der Waals surface area contributed by atoms with Crippen molar-refractivity contribution in [2.24, 2.45) is 0 Å². The van der Waals surface area contributed by atoms with Crippen molar-refractivity contribution in [2.45, 2.75) is 52.2 Å². The maximum Gasteiger partial charge on any atom is 0.244 e. The van der Waals surface area contributed by atoms with E-state index in [1.54, 1.807) is 19.1 Å². The third-order valence-electron chi connectivity index (χ3n) is 5.10. The lowest BCUT2D eigenvalue weighted by Gasteiger charge is -2.34. The smallest absolute Gasteiger partial charge is 0.244 e. The van der Waals surface area contributed by atoms with E-state index in [4.69, 9.17) is 46.4 Å². The van der Waals surface area contributed by atoms with Crippen molar-refractivity contribution in [2.75, 3.05) is 17.1 Å². The third-order valence-corrected chi connectivity index (χ3v) is 7.35. The van der Waals surface area contributed by atoms with Crippen molar-refractivity contribution in [1.29, 1.82) is 0 Å². The van der Waals surface area contributed by atoms with E-state index in [0.717, 1.165) is 10.6 Å². The first-order valence-corrected chi connectivity index (χ1v) is 14.4. The number of carbonyl (C=O) groups excluding carboxylic acids is 2. The van der Waals surface area contributed by atoms with E-state index in [-0.39, 0.29) is 29.6 Å². The second-order valence-electron chi connectivity index (χ2n) is 9.29. The highest BCUT2D eigenvalue weighted by Gasteiger charge is 2.33. The molecule has 36 heavy (non-hydrogen) atoms. The summed E-state index contributed by atoms with van der Waals surface area (Å²) in [7, 11) is -3.94. The Hall–Kier alpha value is -1.71. The Balaban J connectivity index is 2.53. The number of carbonyl (C=O) groups is 2. The van der Waals surface area contributed by atoms with Crippen LogP contribution in [0.15, 0.2) is 36.4 Å². The fourth-order valence-electron chi connectivity index (χ4n) is 3.48. The van der Waals surface area contributed by atoms with Crippen molar-refractivity contribution in [3.8, 4) is 0 Å². The standard InChI is InChI=1S/C24H29Cl4N3O4S/c1-6-20(23(33)29-24(2,3)4)30(13-15-7-8-16(25)11-18(15)27)22(32)14-31(36(5,34)35)21-10-9-17(26)12-19(21)28/h7-12,20H,6,13-14H2,1-5H3,(H,29,33)/t20-/m1/s1. The molecular weight excluding hydrogens is 568 g/mol. The van der Waals surface area contributed by atoms with Gasteiger partial charge in [0.25, 0.3) is 0 Å². The van der Waals surface area contributed by atoms with Gasteiger partial charge in [-0.15, -0.1) is 0 Å². The number of nitrogens with one attached hydrogen (secondary N) is 1. The minimum absolute atomic E-state index is 0.0448. The lowest BCUT2D eigenvalue weighted by atomic mass is 10.1. The van der Waals surface area contributed by atoms with Crippen LogP contribution in [0.1, 0.15) is 39.7 Å². The van der Waals surface area contributed by atoms with E-state index >= 15 is 0 Å². The zero-order valence-electron chi connectivity index (χ0n) is 20.6. The third kappa shape index (κ3) is 8.42. The molecular formula is C24H29Cl4N3O4S. The van der Waals surface area contributed by atoms with Crippen molar-refractivity contribution in [3.05, 3.63) is 62.1 Å². The Morgan fingerprint density at radius 2 is 1.53 bits per heavy atom. The average Bonchev–Trinajstić information content (AvgIpc) is 2.71. The summed E-state index contributed by atoms with van der Waals surface area (Å²) >= 11 is 24.6. The minimum Gasteiger partial charge on any atom is -0.350 e. The highest BCUT2D eigenvalue weighted by molar-refractivity contribution is 7.92. The summed E-state index contributed by atoms with van der Waals surface area (Å²) in [5.41, 5.74) is 0.0905. The molecule has 1 N–H and O–H groups in total. The van der Waals surface area contributed by atoms with Gasteiger partial charge in [0.15, 0.2) is 0 Å². The van der Waals surface area contributed by atoms with Gasteiger partial charge in [0.2, 0.25) is 21.8 Å². The van der Waals surface area contributed by atoms with E-state index in [9.17, 15) is 18.0 Å². The van der Waals surface area contributed by atoms with Crippen LogP contribution in [0.25, 0.3) is 0 Å². The SMILES string of the molecule is CC[C@H](C(=O)NC(C)(C)C)N(Cc1ccc(Cl)cc1Cl)C(=O)CN(c1ccc(Cl)cc1Cl)S(C)(=O)=O. The van der Waals surface area contributed by atoms with E-state index in [1.807, 2.05) is 20.8 Å². The van der Waals surface area contributed by atoms with Crippen LogP contribution in [0.4, 0.5) is 5.69 Å². The molecule has 0 aromatic heterocycles. The van der Waals surface area contributed by atoms with Gasteiger partial charge in [-0.3, -0.25) is 13.9 Å². The molecule has 0 bridgehead atoms. The molecule has 0 fully saturated rings. The number of hydrogen-bond acceptors (Lipinski definition) is 4.